The van der Waals surface area contributed by atoms with Crippen LogP contribution in [-0.2, 0) is 11.3 Å². The lowest BCUT2D eigenvalue weighted by atomic mass is 9.96. The van der Waals surface area contributed by atoms with Gasteiger partial charge in [0.25, 0.3) is 0 Å². The minimum absolute atomic E-state index is 0.00534. The largest absolute Gasteiger partial charge is 0.350 e. The first-order chi connectivity index (χ1) is 10.2. The Morgan fingerprint density at radius 1 is 1.00 bits per heavy atom. The van der Waals surface area contributed by atoms with Crippen LogP contribution in [0.15, 0.2) is 30.3 Å². The lowest BCUT2D eigenvalue weighted by molar-refractivity contribution is -0.120. The number of carbonyl (C=O) groups is 2. The average Bonchev–Trinajstić information content (AvgIpc) is 2.53. The maximum atomic E-state index is 11.7. The SMILES string of the molecule is O=C(CNC(=O)NC1CCCCC1)NCc1ccccc1. The third kappa shape index (κ3) is 5.85. The molecule has 0 unspecified atom stereocenters. The maximum Gasteiger partial charge on any atom is 0.315 e. The zero-order valence-electron chi connectivity index (χ0n) is 12.2. The van der Waals surface area contributed by atoms with Crippen molar-refractivity contribution < 1.29 is 9.59 Å². The Morgan fingerprint density at radius 3 is 2.43 bits per heavy atom. The molecule has 114 valence electrons. The molecule has 0 heterocycles. The van der Waals surface area contributed by atoms with Gasteiger partial charge in [0, 0.05) is 12.6 Å². The van der Waals surface area contributed by atoms with Crippen LogP contribution in [0.2, 0.25) is 0 Å². The summed E-state index contributed by atoms with van der Waals surface area (Å²) in [4.78, 5) is 23.3. The van der Waals surface area contributed by atoms with E-state index in [1.54, 1.807) is 0 Å². The van der Waals surface area contributed by atoms with Gasteiger partial charge in [-0.05, 0) is 18.4 Å². The molecule has 21 heavy (non-hydrogen) atoms. The van der Waals surface area contributed by atoms with Gasteiger partial charge in [0.1, 0.15) is 0 Å². The fourth-order valence-corrected chi connectivity index (χ4v) is 2.50. The standard InChI is InChI=1S/C16H23N3O2/c20-15(17-11-13-7-3-1-4-8-13)12-18-16(21)19-14-9-5-2-6-10-14/h1,3-4,7-8,14H,2,5-6,9-12H2,(H,17,20)(H2,18,19,21). The average molecular weight is 289 g/mol. The van der Waals surface area contributed by atoms with E-state index in [1.165, 1.54) is 19.3 Å². The zero-order valence-corrected chi connectivity index (χ0v) is 12.2. The Balaban J connectivity index is 1.60. The highest BCUT2D eigenvalue weighted by Crippen LogP contribution is 2.16. The molecule has 0 aromatic heterocycles. The summed E-state index contributed by atoms with van der Waals surface area (Å²) in [6.07, 6.45) is 5.66. The molecule has 1 aliphatic carbocycles. The molecule has 5 heteroatoms. The van der Waals surface area contributed by atoms with Gasteiger partial charge in [-0.2, -0.15) is 0 Å². The first-order valence-corrected chi connectivity index (χ1v) is 7.59. The highest BCUT2D eigenvalue weighted by atomic mass is 16.2. The molecule has 0 atom stereocenters. The molecule has 5 nitrogen and oxygen atoms in total. The summed E-state index contributed by atoms with van der Waals surface area (Å²) in [7, 11) is 0. The summed E-state index contributed by atoms with van der Waals surface area (Å²) in [5, 5.41) is 8.30. The van der Waals surface area contributed by atoms with Gasteiger partial charge in [-0.15, -0.1) is 0 Å². The minimum atomic E-state index is -0.253. The summed E-state index contributed by atoms with van der Waals surface area (Å²) in [6.45, 7) is 0.483. The lowest BCUT2D eigenvalue weighted by Crippen LogP contribution is -2.46. The lowest BCUT2D eigenvalue weighted by Gasteiger charge is -2.22. The van der Waals surface area contributed by atoms with Crippen molar-refractivity contribution in [2.24, 2.45) is 0 Å². The monoisotopic (exact) mass is 289 g/mol. The Hall–Kier alpha value is -2.04. The van der Waals surface area contributed by atoms with E-state index in [1.807, 2.05) is 30.3 Å². The molecule has 0 spiro atoms. The van der Waals surface area contributed by atoms with Gasteiger partial charge < -0.3 is 16.0 Å². The summed E-state index contributed by atoms with van der Waals surface area (Å²) in [5.41, 5.74) is 1.04. The molecule has 0 radical (unpaired) electrons. The molecule has 3 amide bonds. The Morgan fingerprint density at radius 2 is 1.71 bits per heavy atom. The number of carbonyl (C=O) groups excluding carboxylic acids is 2. The van der Waals surface area contributed by atoms with Gasteiger partial charge in [-0.3, -0.25) is 4.79 Å². The van der Waals surface area contributed by atoms with Crippen molar-refractivity contribution >= 4 is 11.9 Å². The van der Waals surface area contributed by atoms with E-state index in [0.717, 1.165) is 18.4 Å². The van der Waals surface area contributed by atoms with Crippen molar-refractivity contribution in [3.8, 4) is 0 Å². The van der Waals surface area contributed by atoms with E-state index < -0.39 is 0 Å². The topological polar surface area (TPSA) is 70.2 Å². The second kappa shape index (κ2) is 8.29. The quantitative estimate of drug-likeness (QED) is 0.775. The van der Waals surface area contributed by atoms with Crippen LogP contribution in [0, 0.1) is 0 Å². The smallest absolute Gasteiger partial charge is 0.315 e. The third-order valence-electron chi connectivity index (χ3n) is 3.68. The minimum Gasteiger partial charge on any atom is -0.350 e. The third-order valence-corrected chi connectivity index (χ3v) is 3.68. The zero-order chi connectivity index (χ0) is 14.9. The van der Waals surface area contributed by atoms with Gasteiger partial charge in [0.15, 0.2) is 0 Å². The van der Waals surface area contributed by atoms with Crippen molar-refractivity contribution in [1.29, 1.82) is 0 Å². The summed E-state index contributed by atoms with van der Waals surface area (Å²) < 4.78 is 0. The Bertz CT molecular complexity index is 456. The number of rotatable bonds is 5. The number of amides is 3. The Labute approximate surface area is 125 Å². The molecular formula is C16H23N3O2. The van der Waals surface area contributed by atoms with E-state index in [9.17, 15) is 9.59 Å². The number of nitrogens with one attached hydrogen (secondary N) is 3. The fraction of sp³-hybridized carbons (Fsp3) is 0.500. The van der Waals surface area contributed by atoms with Crippen LogP contribution in [0.4, 0.5) is 4.79 Å². The van der Waals surface area contributed by atoms with E-state index >= 15 is 0 Å². The normalized spacial score (nSPS) is 15.2. The van der Waals surface area contributed by atoms with Crippen LogP contribution in [-0.4, -0.2) is 24.5 Å². The second-order valence-electron chi connectivity index (χ2n) is 5.42. The molecule has 0 aliphatic heterocycles. The van der Waals surface area contributed by atoms with Gasteiger partial charge >= 0.3 is 6.03 Å². The van der Waals surface area contributed by atoms with Gasteiger partial charge in [-0.25, -0.2) is 4.79 Å². The van der Waals surface area contributed by atoms with Crippen LogP contribution in [0.5, 0.6) is 0 Å². The molecule has 1 aliphatic rings. The van der Waals surface area contributed by atoms with E-state index in [-0.39, 0.29) is 24.5 Å². The van der Waals surface area contributed by atoms with Crippen LogP contribution in [0.3, 0.4) is 0 Å². The first kappa shape index (κ1) is 15.4. The van der Waals surface area contributed by atoms with Crippen molar-refractivity contribution in [3.05, 3.63) is 35.9 Å². The molecule has 1 saturated carbocycles. The molecule has 2 rings (SSSR count). The Kier molecular flexibility index (Phi) is 6.06. The molecule has 1 fully saturated rings. The van der Waals surface area contributed by atoms with Gasteiger partial charge in [0.05, 0.1) is 6.54 Å². The van der Waals surface area contributed by atoms with E-state index in [4.69, 9.17) is 0 Å². The van der Waals surface area contributed by atoms with Crippen LogP contribution in [0.1, 0.15) is 37.7 Å². The number of urea groups is 1. The number of hydrogen-bond acceptors (Lipinski definition) is 2. The predicted molar refractivity (Wildman–Crippen MR) is 81.7 cm³/mol. The molecule has 1 aromatic rings. The summed E-state index contributed by atoms with van der Waals surface area (Å²) in [5.74, 6) is -0.183. The number of hydrogen-bond donors (Lipinski definition) is 3. The van der Waals surface area contributed by atoms with E-state index in [2.05, 4.69) is 16.0 Å². The maximum absolute atomic E-state index is 11.7. The molecule has 3 N–H and O–H groups in total. The predicted octanol–water partition coefficient (Wildman–Crippen LogP) is 1.93. The molecular weight excluding hydrogens is 266 g/mol. The fourth-order valence-electron chi connectivity index (χ4n) is 2.50. The second-order valence-corrected chi connectivity index (χ2v) is 5.42. The van der Waals surface area contributed by atoms with Gasteiger partial charge in [-0.1, -0.05) is 49.6 Å². The van der Waals surface area contributed by atoms with Crippen molar-refractivity contribution in [2.45, 2.75) is 44.7 Å². The highest BCUT2D eigenvalue weighted by Gasteiger charge is 2.15. The van der Waals surface area contributed by atoms with Gasteiger partial charge in [0.2, 0.25) is 5.91 Å². The van der Waals surface area contributed by atoms with Crippen molar-refractivity contribution in [2.75, 3.05) is 6.54 Å². The molecule has 1 aromatic carbocycles. The highest BCUT2D eigenvalue weighted by molar-refractivity contribution is 5.83. The summed E-state index contributed by atoms with van der Waals surface area (Å²) >= 11 is 0. The number of benzene rings is 1. The van der Waals surface area contributed by atoms with Crippen LogP contribution < -0.4 is 16.0 Å². The summed E-state index contributed by atoms with van der Waals surface area (Å²) in [6, 6.07) is 9.69. The van der Waals surface area contributed by atoms with E-state index in [0.29, 0.717) is 6.54 Å². The van der Waals surface area contributed by atoms with Crippen molar-refractivity contribution in [1.82, 2.24) is 16.0 Å². The molecule has 0 saturated heterocycles. The molecule has 0 bridgehead atoms. The van der Waals surface area contributed by atoms with Crippen LogP contribution in [0.25, 0.3) is 0 Å². The van der Waals surface area contributed by atoms with Crippen LogP contribution >= 0.6 is 0 Å². The first-order valence-electron chi connectivity index (χ1n) is 7.59. The van der Waals surface area contributed by atoms with Crippen molar-refractivity contribution in [3.63, 3.8) is 0 Å².